The van der Waals surface area contributed by atoms with Crippen molar-refractivity contribution in [2.24, 2.45) is 0 Å². The molecule has 98 valence electrons. The molecule has 0 amide bonds. The van der Waals surface area contributed by atoms with Gasteiger partial charge in [0.2, 0.25) is 11.7 Å². The smallest absolute Gasteiger partial charge is 0.238 e. The standard InChI is InChI=1S/C11H17N5O2/c1-3-12-8(7-17-2)6-9-15-11(16-18-9)10-13-4-5-14-10/h4-5,8,12H,3,6-7H2,1-2H3,(H,13,14). The maximum absolute atomic E-state index is 5.19. The summed E-state index contributed by atoms with van der Waals surface area (Å²) >= 11 is 0. The van der Waals surface area contributed by atoms with E-state index in [4.69, 9.17) is 9.26 Å². The molecule has 0 saturated heterocycles. The second-order valence-electron chi connectivity index (χ2n) is 3.86. The van der Waals surface area contributed by atoms with Crippen molar-refractivity contribution >= 4 is 0 Å². The quantitative estimate of drug-likeness (QED) is 0.750. The van der Waals surface area contributed by atoms with Gasteiger partial charge >= 0.3 is 0 Å². The predicted molar refractivity (Wildman–Crippen MR) is 64.9 cm³/mol. The van der Waals surface area contributed by atoms with Gasteiger partial charge in [0.1, 0.15) is 0 Å². The summed E-state index contributed by atoms with van der Waals surface area (Å²) in [5.41, 5.74) is 0. The summed E-state index contributed by atoms with van der Waals surface area (Å²) in [5, 5.41) is 7.18. The van der Waals surface area contributed by atoms with E-state index in [1.54, 1.807) is 19.5 Å². The summed E-state index contributed by atoms with van der Waals surface area (Å²) in [7, 11) is 1.67. The molecule has 1 atom stereocenters. The molecular weight excluding hydrogens is 234 g/mol. The zero-order valence-corrected chi connectivity index (χ0v) is 10.5. The Bertz CT molecular complexity index is 448. The molecule has 2 N–H and O–H groups in total. The highest BCUT2D eigenvalue weighted by molar-refractivity contribution is 5.40. The van der Waals surface area contributed by atoms with E-state index in [0.29, 0.717) is 30.6 Å². The summed E-state index contributed by atoms with van der Waals surface area (Å²) in [6, 6.07) is 0.171. The number of likely N-dealkylation sites (N-methyl/N-ethyl adjacent to an activating group) is 1. The molecule has 0 aliphatic rings. The lowest BCUT2D eigenvalue weighted by atomic mass is 10.2. The average molecular weight is 251 g/mol. The van der Waals surface area contributed by atoms with Crippen molar-refractivity contribution in [1.82, 2.24) is 25.4 Å². The Morgan fingerprint density at radius 2 is 2.44 bits per heavy atom. The van der Waals surface area contributed by atoms with Crippen molar-refractivity contribution in [2.45, 2.75) is 19.4 Å². The first-order valence-corrected chi connectivity index (χ1v) is 5.88. The molecule has 0 aliphatic carbocycles. The van der Waals surface area contributed by atoms with Crippen molar-refractivity contribution < 1.29 is 9.26 Å². The Labute approximate surface area is 105 Å². The van der Waals surface area contributed by atoms with Crippen molar-refractivity contribution in [3.8, 4) is 11.6 Å². The third-order valence-electron chi connectivity index (χ3n) is 2.46. The normalized spacial score (nSPS) is 12.8. The second kappa shape index (κ2) is 6.27. The van der Waals surface area contributed by atoms with Crippen LogP contribution < -0.4 is 5.32 Å². The van der Waals surface area contributed by atoms with Crippen LogP contribution in [0.2, 0.25) is 0 Å². The van der Waals surface area contributed by atoms with Crippen LogP contribution in [0.15, 0.2) is 16.9 Å². The van der Waals surface area contributed by atoms with Gasteiger partial charge < -0.3 is 19.6 Å². The molecule has 2 heterocycles. The van der Waals surface area contributed by atoms with Gasteiger partial charge in [-0.25, -0.2) is 4.98 Å². The number of aromatic amines is 1. The van der Waals surface area contributed by atoms with Gasteiger partial charge in [-0.15, -0.1) is 0 Å². The number of methoxy groups -OCH3 is 1. The lowest BCUT2D eigenvalue weighted by Gasteiger charge is -2.14. The van der Waals surface area contributed by atoms with E-state index < -0.39 is 0 Å². The van der Waals surface area contributed by atoms with Gasteiger partial charge in [0, 0.05) is 32.0 Å². The Hall–Kier alpha value is -1.73. The SMILES string of the molecule is CCNC(COC)Cc1nc(-c2ncc[nH]2)no1. The molecule has 0 radical (unpaired) electrons. The fourth-order valence-electron chi connectivity index (χ4n) is 1.71. The third kappa shape index (κ3) is 3.14. The molecule has 0 spiro atoms. The highest BCUT2D eigenvalue weighted by Crippen LogP contribution is 2.10. The van der Waals surface area contributed by atoms with E-state index in [-0.39, 0.29) is 6.04 Å². The Morgan fingerprint density at radius 1 is 1.56 bits per heavy atom. The number of hydrogen-bond donors (Lipinski definition) is 2. The molecule has 0 bridgehead atoms. The van der Waals surface area contributed by atoms with Crippen LogP contribution in [-0.4, -0.2) is 46.4 Å². The summed E-state index contributed by atoms with van der Waals surface area (Å²) in [6.07, 6.45) is 4.00. The molecule has 2 rings (SSSR count). The minimum atomic E-state index is 0.171. The van der Waals surface area contributed by atoms with E-state index in [0.717, 1.165) is 6.54 Å². The van der Waals surface area contributed by atoms with Gasteiger partial charge in [-0.05, 0) is 6.54 Å². The third-order valence-corrected chi connectivity index (χ3v) is 2.46. The van der Waals surface area contributed by atoms with Gasteiger partial charge in [0.05, 0.1) is 6.61 Å². The van der Waals surface area contributed by atoms with Gasteiger partial charge in [-0.2, -0.15) is 4.98 Å². The number of nitrogens with zero attached hydrogens (tertiary/aromatic N) is 3. The van der Waals surface area contributed by atoms with Crippen molar-refractivity contribution in [3.05, 3.63) is 18.3 Å². The topological polar surface area (TPSA) is 88.9 Å². The maximum atomic E-state index is 5.19. The number of nitrogens with one attached hydrogen (secondary N) is 2. The first-order valence-electron chi connectivity index (χ1n) is 5.88. The fourth-order valence-corrected chi connectivity index (χ4v) is 1.71. The molecule has 1 unspecified atom stereocenters. The highest BCUT2D eigenvalue weighted by atomic mass is 16.5. The first-order chi connectivity index (χ1) is 8.83. The van der Waals surface area contributed by atoms with Crippen molar-refractivity contribution in [3.63, 3.8) is 0 Å². The molecular formula is C11H17N5O2. The summed E-state index contributed by atoms with van der Waals surface area (Å²) in [4.78, 5) is 11.3. The number of hydrogen-bond acceptors (Lipinski definition) is 6. The van der Waals surface area contributed by atoms with Crippen LogP contribution in [0.4, 0.5) is 0 Å². The van der Waals surface area contributed by atoms with Crippen LogP contribution in [0.1, 0.15) is 12.8 Å². The lowest BCUT2D eigenvalue weighted by Crippen LogP contribution is -2.35. The average Bonchev–Trinajstić information content (AvgIpc) is 2.98. The number of H-pyrrole nitrogens is 1. The number of rotatable bonds is 7. The van der Waals surface area contributed by atoms with Crippen LogP contribution in [0.3, 0.4) is 0 Å². The number of imidazole rings is 1. The lowest BCUT2D eigenvalue weighted by molar-refractivity contribution is 0.162. The first kappa shape index (κ1) is 12.7. The van der Waals surface area contributed by atoms with E-state index in [1.807, 2.05) is 6.92 Å². The molecule has 7 nitrogen and oxygen atoms in total. The summed E-state index contributed by atoms with van der Waals surface area (Å²) in [5.74, 6) is 1.66. The Balaban J connectivity index is 2.01. The van der Waals surface area contributed by atoms with Crippen LogP contribution in [0.5, 0.6) is 0 Å². The van der Waals surface area contributed by atoms with E-state index >= 15 is 0 Å². The van der Waals surface area contributed by atoms with Gasteiger partial charge in [-0.3, -0.25) is 0 Å². The largest absolute Gasteiger partial charge is 0.383 e. The van der Waals surface area contributed by atoms with Crippen LogP contribution in [-0.2, 0) is 11.2 Å². The number of aromatic nitrogens is 4. The van der Waals surface area contributed by atoms with Crippen LogP contribution in [0, 0.1) is 0 Å². The van der Waals surface area contributed by atoms with Crippen molar-refractivity contribution in [2.75, 3.05) is 20.3 Å². The highest BCUT2D eigenvalue weighted by Gasteiger charge is 2.15. The van der Waals surface area contributed by atoms with Gasteiger partial charge in [0.25, 0.3) is 0 Å². The van der Waals surface area contributed by atoms with Crippen LogP contribution in [0.25, 0.3) is 11.6 Å². The Morgan fingerprint density at radius 3 is 3.11 bits per heavy atom. The van der Waals surface area contributed by atoms with Crippen molar-refractivity contribution in [1.29, 1.82) is 0 Å². The van der Waals surface area contributed by atoms with E-state index in [9.17, 15) is 0 Å². The zero-order valence-electron chi connectivity index (χ0n) is 10.5. The molecule has 0 aliphatic heterocycles. The summed E-state index contributed by atoms with van der Waals surface area (Å²) < 4.78 is 10.3. The molecule has 7 heteroatoms. The van der Waals surface area contributed by atoms with E-state index in [2.05, 4.69) is 25.4 Å². The summed E-state index contributed by atoms with van der Waals surface area (Å²) in [6.45, 7) is 3.52. The molecule has 0 saturated carbocycles. The Kier molecular flexibility index (Phi) is 4.43. The molecule has 0 aromatic carbocycles. The van der Waals surface area contributed by atoms with E-state index in [1.165, 1.54) is 0 Å². The fraction of sp³-hybridized carbons (Fsp3) is 0.545. The van der Waals surface area contributed by atoms with Gasteiger partial charge in [0.15, 0.2) is 5.82 Å². The molecule has 0 fully saturated rings. The van der Waals surface area contributed by atoms with Crippen LogP contribution >= 0.6 is 0 Å². The molecule has 2 aromatic rings. The predicted octanol–water partition coefficient (Wildman–Crippen LogP) is 0.627. The zero-order chi connectivity index (χ0) is 12.8. The molecule has 2 aromatic heterocycles. The maximum Gasteiger partial charge on any atom is 0.238 e. The number of ether oxygens (including phenoxy) is 1. The van der Waals surface area contributed by atoms with Gasteiger partial charge in [-0.1, -0.05) is 12.1 Å². The second-order valence-corrected chi connectivity index (χ2v) is 3.86. The monoisotopic (exact) mass is 251 g/mol. The molecule has 18 heavy (non-hydrogen) atoms. The minimum absolute atomic E-state index is 0.171. The minimum Gasteiger partial charge on any atom is -0.383 e.